The summed E-state index contributed by atoms with van der Waals surface area (Å²) in [5.41, 5.74) is 1.39. The summed E-state index contributed by atoms with van der Waals surface area (Å²) in [5.74, 6) is 0.397. The molecule has 1 unspecified atom stereocenters. The number of carbonyl (C=O) groups excluding carboxylic acids is 2. The number of nitrogens with zero attached hydrogens (tertiary/aromatic N) is 4. The summed E-state index contributed by atoms with van der Waals surface area (Å²) >= 11 is 12.6. The van der Waals surface area contributed by atoms with Crippen molar-refractivity contribution < 1.29 is 9.59 Å². The second-order valence-electron chi connectivity index (χ2n) is 11.5. The topological polar surface area (TPSA) is 47.1 Å². The van der Waals surface area contributed by atoms with Crippen molar-refractivity contribution in [2.45, 2.75) is 56.9 Å². The van der Waals surface area contributed by atoms with Crippen molar-refractivity contribution >= 4 is 35.0 Å². The minimum Gasteiger partial charge on any atom is -0.344 e. The first-order chi connectivity index (χ1) is 19.2. The fourth-order valence-electron chi connectivity index (χ4n) is 6.32. The predicted molar refractivity (Wildman–Crippen MR) is 164 cm³/mol. The van der Waals surface area contributed by atoms with Gasteiger partial charge in [-0.1, -0.05) is 53.9 Å². The van der Waals surface area contributed by atoms with Gasteiger partial charge in [0.2, 0.25) is 5.91 Å². The van der Waals surface area contributed by atoms with E-state index in [9.17, 15) is 9.59 Å². The van der Waals surface area contributed by atoms with E-state index in [1.165, 1.54) is 19.3 Å². The first-order valence-corrected chi connectivity index (χ1v) is 15.5. The van der Waals surface area contributed by atoms with Gasteiger partial charge in [-0.2, -0.15) is 0 Å². The number of likely N-dealkylation sites (tertiary alicyclic amines) is 2. The van der Waals surface area contributed by atoms with Crippen LogP contribution in [0.25, 0.3) is 0 Å². The predicted octanol–water partition coefficient (Wildman–Crippen LogP) is 6.04. The summed E-state index contributed by atoms with van der Waals surface area (Å²) in [7, 11) is 3.80. The molecule has 0 spiro atoms. The quantitative estimate of drug-likeness (QED) is 0.340. The third-order valence-electron chi connectivity index (χ3n) is 8.93. The smallest absolute Gasteiger partial charge is 0.253 e. The fraction of sp³-hybridized carbons (Fsp3) is 0.562. The van der Waals surface area contributed by atoms with E-state index in [4.69, 9.17) is 23.2 Å². The van der Waals surface area contributed by atoms with Gasteiger partial charge in [0.15, 0.2) is 0 Å². The maximum absolute atomic E-state index is 13.7. The van der Waals surface area contributed by atoms with Crippen LogP contribution in [-0.4, -0.2) is 96.9 Å². The fourth-order valence-corrected chi connectivity index (χ4v) is 6.62. The zero-order chi connectivity index (χ0) is 28.7. The Hall–Kier alpha value is -2.12. The van der Waals surface area contributed by atoms with Crippen molar-refractivity contribution in [2.24, 2.45) is 0 Å². The van der Waals surface area contributed by atoms with E-state index in [0.717, 1.165) is 64.1 Å². The van der Waals surface area contributed by atoms with Crippen LogP contribution < -0.4 is 0 Å². The molecule has 0 aromatic heterocycles. The van der Waals surface area contributed by atoms with Gasteiger partial charge in [0, 0.05) is 51.8 Å². The lowest BCUT2D eigenvalue weighted by Crippen LogP contribution is -2.64. The Kier molecular flexibility index (Phi) is 10.9. The largest absolute Gasteiger partial charge is 0.344 e. The van der Waals surface area contributed by atoms with Crippen molar-refractivity contribution in [1.82, 2.24) is 19.6 Å². The summed E-state index contributed by atoms with van der Waals surface area (Å²) in [4.78, 5) is 35.5. The van der Waals surface area contributed by atoms with Crippen LogP contribution in [0.5, 0.6) is 0 Å². The van der Waals surface area contributed by atoms with Crippen molar-refractivity contribution in [3.8, 4) is 0 Å². The third-order valence-corrected chi connectivity index (χ3v) is 9.67. The van der Waals surface area contributed by atoms with Crippen LogP contribution in [-0.2, 0) is 4.79 Å². The molecule has 2 saturated heterocycles. The Morgan fingerprint density at radius 3 is 2.20 bits per heavy atom. The summed E-state index contributed by atoms with van der Waals surface area (Å²) in [6.07, 6.45) is 6.21. The molecule has 2 aromatic carbocycles. The summed E-state index contributed by atoms with van der Waals surface area (Å²) < 4.78 is 0. The molecule has 1 atom stereocenters. The standard InChI is InChI=1S/C32H44Cl2N4O2/c1-4-35(2)31(40)32(38-18-9-6-10-19-38)16-21-37(22-17-32)20-15-27(26-13-14-28(33)29(34)23-26)24-36(3)30(39)25-11-7-5-8-12-25/h5,7-8,11-14,23,27H,4,6,9-10,15-22,24H2,1-3H3. The molecule has 2 amide bonds. The second-order valence-corrected chi connectivity index (χ2v) is 12.3. The molecule has 8 heteroatoms. The number of benzene rings is 2. The van der Waals surface area contributed by atoms with E-state index in [1.54, 1.807) is 4.90 Å². The molecule has 4 rings (SSSR count). The number of piperidine rings is 2. The van der Waals surface area contributed by atoms with Crippen molar-refractivity contribution in [3.63, 3.8) is 0 Å². The van der Waals surface area contributed by atoms with E-state index in [1.807, 2.05) is 67.5 Å². The molecule has 0 N–H and O–H groups in total. The number of likely N-dealkylation sites (N-methyl/N-ethyl adjacent to an activating group) is 2. The van der Waals surface area contributed by atoms with Crippen LogP contribution in [0.1, 0.15) is 67.3 Å². The van der Waals surface area contributed by atoms with Crippen molar-refractivity contribution in [3.05, 3.63) is 69.7 Å². The minimum absolute atomic E-state index is 0.00787. The molecule has 40 heavy (non-hydrogen) atoms. The molecule has 2 aliphatic rings. The Balaban J connectivity index is 1.45. The monoisotopic (exact) mass is 586 g/mol. The van der Waals surface area contributed by atoms with Crippen LogP contribution in [0.3, 0.4) is 0 Å². The molecule has 0 aliphatic carbocycles. The average molecular weight is 588 g/mol. The van der Waals surface area contributed by atoms with E-state index in [2.05, 4.69) is 16.7 Å². The molecule has 2 aromatic rings. The van der Waals surface area contributed by atoms with E-state index in [-0.39, 0.29) is 23.3 Å². The average Bonchev–Trinajstić information content (AvgIpc) is 3.00. The highest BCUT2D eigenvalue weighted by atomic mass is 35.5. The molecular formula is C32H44Cl2N4O2. The molecule has 0 saturated carbocycles. The lowest BCUT2D eigenvalue weighted by atomic mass is 9.82. The lowest BCUT2D eigenvalue weighted by molar-refractivity contribution is -0.148. The molecule has 2 aliphatic heterocycles. The van der Waals surface area contributed by atoms with Gasteiger partial charge in [-0.15, -0.1) is 0 Å². The van der Waals surface area contributed by atoms with Crippen LogP contribution in [0.15, 0.2) is 48.5 Å². The van der Waals surface area contributed by atoms with Gasteiger partial charge < -0.3 is 14.7 Å². The number of amides is 2. The van der Waals surface area contributed by atoms with Crippen LogP contribution in [0.4, 0.5) is 0 Å². The highest BCUT2D eigenvalue weighted by molar-refractivity contribution is 6.42. The molecule has 6 nitrogen and oxygen atoms in total. The number of rotatable bonds is 10. The minimum atomic E-state index is -0.382. The van der Waals surface area contributed by atoms with E-state index < -0.39 is 0 Å². The number of hydrogen-bond donors (Lipinski definition) is 0. The van der Waals surface area contributed by atoms with Gasteiger partial charge in [0.1, 0.15) is 5.54 Å². The summed E-state index contributed by atoms with van der Waals surface area (Å²) in [6, 6.07) is 15.2. The summed E-state index contributed by atoms with van der Waals surface area (Å²) in [6.45, 7) is 8.09. The zero-order valence-corrected chi connectivity index (χ0v) is 25.8. The molecule has 0 bridgehead atoms. The normalized spacial score (nSPS) is 18.7. The summed E-state index contributed by atoms with van der Waals surface area (Å²) in [5, 5.41) is 1.06. The Bertz CT molecular complexity index is 1130. The highest BCUT2D eigenvalue weighted by Gasteiger charge is 2.47. The van der Waals surface area contributed by atoms with Gasteiger partial charge >= 0.3 is 0 Å². The molecule has 218 valence electrons. The number of carbonyl (C=O) groups is 2. The van der Waals surface area contributed by atoms with Gasteiger partial charge in [-0.05, 0) is 88.5 Å². The second kappa shape index (κ2) is 14.2. The Labute approximate surface area is 250 Å². The number of hydrogen-bond acceptors (Lipinski definition) is 4. The molecule has 2 fully saturated rings. The van der Waals surface area contributed by atoms with E-state index in [0.29, 0.717) is 22.2 Å². The van der Waals surface area contributed by atoms with Gasteiger partial charge in [0.25, 0.3) is 5.91 Å². The Morgan fingerprint density at radius 1 is 0.900 bits per heavy atom. The number of halogens is 2. The van der Waals surface area contributed by atoms with Gasteiger partial charge in [0.05, 0.1) is 10.0 Å². The van der Waals surface area contributed by atoms with Crippen molar-refractivity contribution in [2.75, 3.05) is 59.9 Å². The molecule has 2 heterocycles. The highest BCUT2D eigenvalue weighted by Crippen LogP contribution is 2.35. The first-order valence-electron chi connectivity index (χ1n) is 14.7. The van der Waals surface area contributed by atoms with Crippen LogP contribution >= 0.6 is 23.2 Å². The van der Waals surface area contributed by atoms with E-state index >= 15 is 0 Å². The van der Waals surface area contributed by atoms with Crippen molar-refractivity contribution in [1.29, 1.82) is 0 Å². The zero-order valence-electron chi connectivity index (χ0n) is 24.2. The molecular weight excluding hydrogens is 543 g/mol. The van der Waals surface area contributed by atoms with Crippen LogP contribution in [0, 0.1) is 0 Å². The van der Waals surface area contributed by atoms with Gasteiger partial charge in [-0.25, -0.2) is 0 Å². The lowest BCUT2D eigenvalue weighted by Gasteiger charge is -2.50. The maximum atomic E-state index is 13.7. The third kappa shape index (κ3) is 7.20. The SMILES string of the molecule is CCN(C)C(=O)C1(N2CCCCC2)CCN(CCC(CN(C)C(=O)c2ccccc2)c2ccc(Cl)c(Cl)c2)CC1. The van der Waals surface area contributed by atoms with Crippen LogP contribution in [0.2, 0.25) is 10.0 Å². The Morgan fingerprint density at radius 2 is 1.57 bits per heavy atom. The first kappa shape index (κ1) is 30.8. The maximum Gasteiger partial charge on any atom is 0.253 e. The van der Waals surface area contributed by atoms with Gasteiger partial charge in [-0.3, -0.25) is 14.5 Å². The molecule has 0 radical (unpaired) electrons.